The number of benzene rings is 2. The molecule has 0 radical (unpaired) electrons. The second-order valence-corrected chi connectivity index (χ2v) is 7.20. The number of nitrogens with zero attached hydrogens (tertiary/aromatic N) is 1. The van der Waals surface area contributed by atoms with E-state index in [-0.39, 0.29) is 0 Å². The van der Waals surface area contributed by atoms with Crippen LogP contribution in [0.1, 0.15) is 13.8 Å². The van der Waals surface area contributed by atoms with Gasteiger partial charge in [-0.1, -0.05) is 22.9 Å². The van der Waals surface area contributed by atoms with E-state index in [2.05, 4.69) is 4.98 Å². The molecule has 0 fully saturated rings. The molecule has 130 valence electrons. The van der Waals surface area contributed by atoms with Crippen LogP contribution in [0.4, 0.5) is 0 Å². The molecule has 0 N–H and O–H groups in total. The number of aromatic nitrogens is 1. The highest BCUT2D eigenvalue weighted by Crippen LogP contribution is 2.33. The zero-order chi connectivity index (χ0) is 18.0. The Morgan fingerprint density at radius 2 is 1.80 bits per heavy atom. The van der Waals surface area contributed by atoms with Crippen molar-refractivity contribution >= 4 is 39.1 Å². The molecule has 7 heteroatoms. The first kappa shape index (κ1) is 17.5. The number of esters is 1. The smallest absolute Gasteiger partial charge is 0.349 e. The molecule has 25 heavy (non-hydrogen) atoms. The largest absolute Gasteiger partial charge is 0.476 e. The second-order valence-electron chi connectivity index (χ2n) is 5.77. The zero-order valence-corrected chi connectivity index (χ0v) is 15.5. The SMILES string of the molecule is COC(=O)C(C)(C)Oc1ccc(Oc2nc3ccc(Cl)cc3s2)cc1. The molecule has 0 atom stereocenters. The Labute approximate surface area is 154 Å². The lowest BCUT2D eigenvalue weighted by Gasteiger charge is -2.23. The Morgan fingerprint density at radius 3 is 2.48 bits per heavy atom. The van der Waals surface area contributed by atoms with Crippen LogP contribution in [0.15, 0.2) is 42.5 Å². The third-order valence-corrected chi connectivity index (χ3v) is 4.54. The summed E-state index contributed by atoms with van der Waals surface area (Å²) in [4.78, 5) is 16.1. The summed E-state index contributed by atoms with van der Waals surface area (Å²) in [6, 6.07) is 12.5. The highest BCUT2D eigenvalue weighted by molar-refractivity contribution is 7.20. The van der Waals surface area contributed by atoms with Gasteiger partial charge in [0, 0.05) is 5.02 Å². The molecule has 0 spiro atoms. The molecule has 3 rings (SSSR count). The fraction of sp³-hybridized carbons (Fsp3) is 0.222. The summed E-state index contributed by atoms with van der Waals surface area (Å²) < 4.78 is 17.1. The number of rotatable bonds is 5. The number of ether oxygens (including phenoxy) is 3. The third kappa shape index (κ3) is 4.03. The minimum Gasteiger partial charge on any atom is -0.476 e. The first-order chi connectivity index (χ1) is 11.9. The Hall–Kier alpha value is -2.31. The Bertz CT molecular complexity index is 905. The maximum atomic E-state index is 11.7. The maximum Gasteiger partial charge on any atom is 0.349 e. The summed E-state index contributed by atoms with van der Waals surface area (Å²) in [6.07, 6.45) is 0. The van der Waals surface area contributed by atoms with E-state index >= 15 is 0 Å². The predicted octanol–water partition coefficient (Wildman–Crippen LogP) is 5.07. The van der Waals surface area contributed by atoms with Crippen LogP contribution in [-0.4, -0.2) is 23.7 Å². The lowest BCUT2D eigenvalue weighted by Crippen LogP contribution is -2.39. The number of carbonyl (C=O) groups is 1. The highest BCUT2D eigenvalue weighted by Gasteiger charge is 2.31. The molecule has 2 aromatic carbocycles. The normalized spacial score (nSPS) is 11.4. The van der Waals surface area contributed by atoms with Crippen molar-refractivity contribution < 1.29 is 19.0 Å². The summed E-state index contributed by atoms with van der Waals surface area (Å²) in [5.74, 6) is 0.716. The molecule has 0 amide bonds. The number of carbonyl (C=O) groups excluding carboxylic acids is 1. The first-order valence-corrected chi connectivity index (χ1v) is 8.68. The van der Waals surface area contributed by atoms with E-state index in [0.29, 0.717) is 21.7 Å². The van der Waals surface area contributed by atoms with Gasteiger partial charge >= 0.3 is 5.97 Å². The molecule has 0 aliphatic rings. The van der Waals surface area contributed by atoms with Crippen molar-refractivity contribution in [2.45, 2.75) is 19.4 Å². The van der Waals surface area contributed by atoms with Crippen molar-refractivity contribution in [2.75, 3.05) is 7.11 Å². The van der Waals surface area contributed by atoms with Crippen LogP contribution in [0.25, 0.3) is 10.2 Å². The number of fused-ring (bicyclic) bond motifs is 1. The van der Waals surface area contributed by atoms with Crippen LogP contribution in [0.5, 0.6) is 16.7 Å². The quantitative estimate of drug-likeness (QED) is 0.581. The van der Waals surface area contributed by atoms with Crippen LogP contribution in [0, 0.1) is 0 Å². The molecule has 0 aliphatic heterocycles. The molecular weight excluding hydrogens is 362 g/mol. The summed E-state index contributed by atoms with van der Waals surface area (Å²) in [6.45, 7) is 3.30. The molecule has 1 aromatic heterocycles. The average Bonchev–Trinajstić information content (AvgIpc) is 2.96. The van der Waals surface area contributed by atoms with E-state index in [4.69, 9.17) is 25.8 Å². The minimum absolute atomic E-state index is 0.444. The minimum atomic E-state index is -1.07. The van der Waals surface area contributed by atoms with E-state index < -0.39 is 11.6 Å². The van der Waals surface area contributed by atoms with Gasteiger partial charge in [0.25, 0.3) is 5.19 Å². The molecule has 0 unspecified atom stereocenters. The summed E-state index contributed by atoms with van der Waals surface area (Å²) in [7, 11) is 1.33. The van der Waals surface area contributed by atoms with E-state index in [1.807, 2.05) is 12.1 Å². The summed E-state index contributed by atoms with van der Waals surface area (Å²) in [5, 5.41) is 1.19. The Balaban J connectivity index is 1.72. The van der Waals surface area contributed by atoms with Crippen molar-refractivity contribution in [1.82, 2.24) is 4.98 Å². The van der Waals surface area contributed by atoms with Crippen molar-refractivity contribution in [3.63, 3.8) is 0 Å². The van der Waals surface area contributed by atoms with Crippen molar-refractivity contribution in [3.05, 3.63) is 47.5 Å². The van der Waals surface area contributed by atoms with Gasteiger partial charge in [0.1, 0.15) is 11.5 Å². The lowest BCUT2D eigenvalue weighted by atomic mass is 10.1. The Kier molecular flexibility index (Phi) is 4.83. The molecule has 0 saturated carbocycles. The molecule has 0 saturated heterocycles. The predicted molar refractivity (Wildman–Crippen MR) is 97.9 cm³/mol. The molecule has 5 nitrogen and oxygen atoms in total. The Morgan fingerprint density at radius 1 is 1.12 bits per heavy atom. The third-order valence-electron chi connectivity index (χ3n) is 3.41. The maximum absolute atomic E-state index is 11.7. The molecule has 0 bridgehead atoms. The van der Waals surface area contributed by atoms with Gasteiger partial charge in [-0.25, -0.2) is 9.78 Å². The van der Waals surface area contributed by atoms with E-state index in [1.165, 1.54) is 18.4 Å². The van der Waals surface area contributed by atoms with Crippen LogP contribution >= 0.6 is 22.9 Å². The van der Waals surface area contributed by atoms with Crippen LogP contribution in [0.3, 0.4) is 0 Å². The average molecular weight is 378 g/mol. The highest BCUT2D eigenvalue weighted by atomic mass is 35.5. The lowest BCUT2D eigenvalue weighted by molar-refractivity contribution is -0.156. The fourth-order valence-electron chi connectivity index (χ4n) is 2.18. The van der Waals surface area contributed by atoms with Crippen molar-refractivity contribution in [3.8, 4) is 16.7 Å². The number of thiazole rings is 1. The second kappa shape index (κ2) is 6.90. The van der Waals surface area contributed by atoms with Crippen molar-refractivity contribution in [2.24, 2.45) is 0 Å². The monoisotopic (exact) mass is 377 g/mol. The van der Waals surface area contributed by atoms with Gasteiger partial charge in [-0.2, -0.15) is 0 Å². The number of methoxy groups -OCH3 is 1. The summed E-state index contributed by atoms with van der Waals surface area (Å²) in [5.41, 5.74) is -0.229. The number of hydrogen-bond donors (Lipinski definition) is 0. The van der Waals surface area contributed by atoms with Crippen molar-refractivity contribution in [1.29, 1.82) is 0 Å². The standard InChI is InChI=1S/C18H16ClNO4S/c1-18(2,16(21)22-3)24-13-7-5-12(6-8-13)23-17-20-14-9-4-11(19)10-15(14)25-17/h4-10H,1-3H3. The van der Waals surface area contributed by atoms with Gasteiger partial charge in [-0.05, 0) is 56.3 Å². The van der Waals surface area contributed by atoms with Gasteiger partial charge in [0.15, 0.2) is 5.60 Å². The zero-order valence-electron chi connectivity index (χ0n) is 13.9. The number of hydrogen-bond acceptors (Lipinski definition) is 6. The first-order valence-electron chi connectivity index (χ1n) is 7.49. The topological polar surface area (TPSA) is 57.7 Å². The van der Waals surface area contributed by atoms with Crippen LogP contribution < -0.4 is 9.47 Å². The van der Waals surface area contributed by atoms with Gasteiger partial charge in [0.2, 0.25) is 0 Å². The summed E-state index contributed by atoms with van der Waals surface area (Å²) >= 11 is 7.40. The van der Waals surface area contributed by atoms with E-state index in [9.17, 15) is 4.79 Å². The molecule has 3 aromatic rings. The molecule has 1 heterocycles. The fourth-order valence-corrected chi connectivity index (χ4v) is 3.29. The molecular formula is C18H16ClNO4S. The van der Waals surface area contributed by atoms with Gasteiger partial charge < -0.3 is 14.2 Å². The molecule has 0 aliphatic carbocycles. The van der Waals surface area contributed by atoms with Gasteiger partial charge in [-0.15, -0.1) is 0 Å². The van der Waals surface area contributed by atoms with Crippen LogP contribution in [-0.2, 0) is 9.53 Å². The van der Waals surface area contributed by atoms with Crippen LogP contribution in [0.2, 0.25) is 5.02 Å². The van der Waals surface area contributed by atoms with Gasteiger partial charge in [-0.3, -0.25) is 0 Å². The van der Waals surface area contributed by atoms with Gasteiger partial charge in [0.05, 0.1) is 17.3 Å². The number of halogens is 1. The van der Waals surface area contributed by atoms with E-state index in [0.717, 1.165) is 10.2 Å². The van der Waals surface area contributed by atoms with E-state index in [1.54, 1.807) is 44.2 Å².